The molecule has 2 aromatic rings. The molecule has 0 saturated carbocycles. The number of nitrogens with one attached hydrogen (secondary N) is 2. The van der Waals surface area contributed by atoms with Crippen molar-refractivity contribution >= 4 is 11.7 Å². The van der Waals surface area contributed by atoms with Gasteiger partial charge in [0.2, 0.25) is 0 Å². The molecule has 0 aliphatic heterocycles. The normalized spacial score (nSPS) is 12.0. The first-order chi connectivity index (χ1) is 10.6. The summed E-state index contributed by atoms with van der Waals surface area (Å²) in [5, 5.41) is 18.6. The van der Waals surface area contributed by atoms with Crippen molar-refractivity contribution in [1.82, 2.24) is 15.1 Å². The van der Waals surface area contributed by atoms with E-state index in [-0.39, 0.29) is 18.7 Å². The van der Waals surface area contributed by atoms with Crippen LogP contribution in [-0.2, 0) is 6.54 Å². The van der Waals surface area contributed by atoms with Gasteiger partial charge in [-0.05, 0) is 43.5 Å². The third-order valence-electron chi connectivity index (χ3n) is 3.26. The summed E-state index contributed by atoms with van der Waals surface area (Å²) in [7, 11) is 0. The molecule has 22 heavy (non-hydrogen) atoms. The molecule has 2 amide bonds. The number of hydrogen-bond acceptors (Lipinski definition) is 3. The summed E-state index contributed by atoms with van der Waals surface area (Å²) in [6.45, 7) is 4.62. The molecule has 3 N–H and O–H groups in total. The molecule has 0 bridgehead atoms. The topological polar surface area (TPSA) is 79.2 Å². The SMILES string of the molecule is Cc1cnn(Cc2ccc(NC(=O)N[C@H](C)CCO)cc2)c1. The maximum Gasteiger partial charge on any atom is 0.319 e. The van der Waals surface area contributed by atoms with Gasteiger partial charge in [-0.2, -0.15) is 5.10 Å². The second-order valence-electron chi connectivity index (χ2n) is 5.42. The van der Waals surface area contributed by atoms with Crippen LogP contribution >= 0.6 is 0 Å². The molecule has 0 unspecified atom stereocenters. The predicted octanol–water partition coefficient (Wildman–Crippen LogP) is 2.13. The van der Waals surface area contributed by atoms with Crippen LogP contribution in [0, 0.1) is 6.92 Å². The van der Waals surface area contributed by atoms with Gasteiger partial charge in [0.15, 0.2) is 0 Å². The Hall–Kier alpha value is -2.34. The van der Waals surface area contributed by atoms with Crippen LogP contribution in [0.2, 0.25) is 0 Å². The molecule has 1 aromatic heterocycles. The second-order valence-corrected chi connectivity index (χ2v) is 5.42. The van der Waals surface area contributed by atoms with Crippen molar-refractivity contribution in [1.29, 1.82) is 0 Å². The third-order valence-corrected chi connectivity index (χ3v) is 3.26. The zero-order chi connectivity index (χ0) is 15.9. The fourth-order valence-electron chi connectivity index (χ4n) is 2.09. The number of carbonyl (C=O) groups is 1. The van der Waals surface area contributed by atoms with Crippen LogP contribution in [0.3, 0.4) is 0 Å². The average Bonchev–Trinajstić information content (AvgIpc) is 2.86. The van der Waals surface area contributed by atoms with Gasteiger partial charge in [0.25, 0.3) is 0 Å². The number of anilines is 1. The molecule has 1 atom stereocenters. The fourth-order valence-corrected chi connectivity index (χ4v) is 2.09. The quantitative estimate of drug-likeness (QED) is 0.765. The minimum absolute atomic E-state index is 0.0586. The lowest BCUT2D eigenvalue weighted by Crippen LogP contribution is -2.36. The van der Waals surface area contributed by atoms with E-state index in [9.17, 15) is 4.79 Å². The van der Waals surface area contributed by atoms with Gasteiger partial charge in [-0.15, -0.1) is 0 Å². The van der Waals surface area contributed by atoms with Crippen molar-refractivity contribution in [3.05, 3.63) is 47.8 Å². The highest BCUT2D eigenvalue weighted by molar-refractivity contribution is 5.89. The lowest BCUT2D eigenvalue weighted by atomic mass is 10.2. The molecule has 2 rings (SSSR count). The molecule has 0 aliphatic carbocycles. The van der Waals surface area contributed by atoms with Gasteiger partial charge in [-0.25, -0.2) is 4.79 Å². The standard InChI is InChI=1S/C16H22N4O2/c1-12-9-17-20(10-12)11-14-3-5-15(6-4-14)19-16(22)18-13(2)7-8-21/h3-6,9-10,13,21H,7-8,11H2,1-2H3,(H2,18,19,22)/t13-/m1/s1. The molecule has 0 fully saturated rings. The Balaban J connectivity index is 1.87. The van der Waals surface area contributed by atoms with E-state index in [0.29, 0.717) is 13.0 Å². The zero-order valence-corrected chi connectivity index (χ0v) is 12.9. The summed E-state index contributed by atoms with van der Waals surface area (Å²) in [6.07, 6.45) is 4.35. The van der Waals surface area contributed by atoms with E-state index in [1.807, 2.05) is 55.2 Å². The lowest BCUT2D eigenvalue weighted by Gasteiger charge is -2.13. The van der Waals surface area contributed by atoms with E-state index < -0.39 is 0 Å². The number of amides is 2. The molecule has 0 spiro atoms. The number of aromatic nitrogens is 2. The zero-order valence-electron chi connectivity index (χ0n) is 12.9. The Morgan fingerprint density at radius 3 is 2.68 bits per heavy atom. The summed E-state index contributed by atoms with van der Waals surface area (Å²) in [4.78, 5) is 11.8. The minimum atomic E-state index is -0.267. The van der Waals surface area contributed by atoms with Gasteiger partial charge < -0.3 is 15.7 Å². The number of benzene rings is 1. The fraction of sp³-hybridized carbons (Fsp3) is 0.375. The smallest absolute Gasteiger partial charge is 0.319 e. The molecule has 0 aliphatic rings. The van der Waals surface area contributed by atoms with Crippen molar-refractivity contribution < 1.29 is 9.90 Å². The van der Waals surface area contributed by atoms with Crippen LogP contribution in [0.4, 0.5) is 10.5 Å². The van der Waals surface area contributed by atoms with Gasteiger partial charge >= 0.3 is 6.03 Å². The Labute approximate surface area is 130 Å². The summed E-state index contributed by atoms with van der Waals surface area (Å²) in [5.41, 5.74) is 2.98. The van der Waals surface area contributed by atoms with Crippen molar-refractivity contribution in [3.63, 3.8) is 0 Å². The number of nitrogens with zero attached hydrogens (tertiary/aromatic N) is 2. The first-order valence-electron chi connectivity index (χ1n) is 7.33. The summed E-state index contributed by atoms with van der Waals surface area (Å²) >= 11 is 0. The van der Waals surface area contributed by atoms with Gasteiger partial charge in [0.05, 0.1) is 12.7 Å². The van der Waals surface area contributed by atoms with Gasteiger partial charge in [-0.1, -0.05) is 12.1 Å². The van der Waals surface area contributed by atoms with Crippen LogP contribution in [-0.4, -0.2) is 33.6 Å². The second kappa shape index (κ2) is 7.61. The summed E-state index contributed by atoms with van der Waals surface area (Å²) in [6, 6.07) is 7.32. The summed E-state index contributed by atoms with van der Waals surface area (Å²) in [5.74, 6) is 0. The maximum absolute atomic E-state index is 11.8. The first-order valence-corrected chi connectivity index (χ1v) is 7.33. The van der Waals surface area contributed by atoms with Crippen molar-refractivity contribution in [2.24, 2.45) is 0 Å². The Morgan fingerprint density at radius 2 is 2.09 bits per heavy atom. The Morgan fingerprint density at radius 1 is 1.36 bits per heavy atom. The molecule has 0 saturated heterocycles. The molecular weight excluding hydrogens is 280 g/mol. The molecule has 6 heteroatoms. The number of urea groups is 1. The van der Waals surface area contributed by atoms with Crippen molar-refractivity contribution in [2.45, 2.75) is 32.9 Å². The monoisotopic (exact) mass is 302 g/mol. The first kappa shape index (κ1) is 16.0. The van der Waals surface area contributed by atoms with Gasteiger partial charge in [-0.3, -0.25) is 4.68 Å². The van der Waals surface area contributed by atoms with Crippen molar-refractivity contribution in [2.75, 3.05) is 11.9 Å². The van der Waals surface area contributed by atoms with Crippen LogP contribution in [0.25, 0.3) is 0 Å². The number of rotatable bonds is 6. The van der Waals surface area contributed by atoms with E-state index >= 15 is 0 Å². The largest absolute Gasteiger partial charge is 0.396 e. The molecule has 0 radical (unpaired) electrons. The van der Waals surface area contributed by atoms with E-state index in [2.05, 4.69) is 15.7 Å². The van der Waals surface area contributed by atoms with E-state index in [4.69, 9.17) is 5.11 Å². The lowest BCUT2D eigenvalue weighted by molar-refractivity contribution is 0.241. The number of hydrogen-bond donors (Lipinski definition) is 3. The molecular formula is C16H22N4O2. The minimum Gasteiger partial charge on any atom is -0.396 e. The average molecular weight is 302 g/mol. The highest BCUT2D eigenvalue weighted by Gasteiger charge is 2.06. The number of aliphatic hydroxyl groups is 1. The third kappa shape index (κ3) is 4.89. The Kier molecular flexibility index (Phi) is 5.55. The number of carbonyl (C=O) groups excluding carboxylic acids is 1. The van der Waals surface area contributed by atoms with E-state index in [0.717, 1.165) is 16.8 Å². The highest BCUT2D eigenvalue weighted by Crippen LogP contribution is 2.11. The Bertz CT molecular complexity index is 607. The predicted molar refractivity (Wildman–Crippen MR) is 85.8 cm³/mol. The van der Waals surface area contributed by atoms with Crippen LogP contribution in [0.15, 0.2) is 36.7 Å². The van der Waals surface area contributed by atoms with Gasteiger partial charge in [0, 0.05) is 24.5 Å². The molecule has 1 aromatic carbocycles. The highest BCUT2D eigenvalue weighted by atomic mass is 16.3. The van der Waals surface area contributed by atoms with Gasteiger partial charge in [0.1, 0.15) is 0 Å². The van der Waals surface area contributed by atoms with Crippen LogP contribution in [0.1, 0.15) is 24.5 Å². The molecule has 118 valence electrons. The number of aryl methyl sites for hydroxylation is 1. The molecule has 6 nitrogen and oxygen atoms in total. The molecule has 1 heterocycles. The van der Waals surface area contributed by atoms with Crippen molar-refractivity contribution in [3.8, 4) is 0 Å². The van der Waals surface area contributed by atoms with E-state index in [1.54, 1.807) is 0 Å². The maximum atomic E-state index is 11.8. The summed E-state index contributed by atoms with van der Waals surface area (Å²) < 4.78 is 1.88. The van der Waals surface area contributed by atoms with Crippen LogP contribution < -0.4 is 10.6 Å². The van der Waals surface area contributed by atoms with E-state index in [1.165, 1.54) is 0 Å². The number of aliphatic hydroxyl groups excluding tert-OH is 1. The van der Waals surface area contributed by atoms with Crippen LogP contribution in [0.5, 0.6) is 0 Å².